The monoisotopic (exact) mass is 320 g/mol. The van der Waals surface area contributed by atoms with Crippen LogP contribution in [0.15, 0.2) is 34.9 Å². The fourth-order valence-corrected chi connectivity index (χ4v) is 1.98. The molecule has 0 radical (unpaired) electrons. The minimum Gasteiger partial charge on any atom is -0.354 e. The van der Waals surface area contributed by atoms with E-state index >= 15 is 0 Å². The zero-order valence-corrected chi connectivity index (χ0v) is 12.7. The van der Waals surface area contributed by atoms with Gasteiger partial charge in [-0.05, 0) is 37.1 Å². The third kappa shape index (κ3) is 3.92. The molecule has 2 aromatic rings. The molecule has 0 atom stereocenters. The van der Waals surface area contributed by atoms with E-state index in [1.54, 1.807) is 6.20 Å². The highest BCUT2D eigenvalue weighted by atomic mass is 79.9. The summed E-state index contributed by atoms with van der Waals surface area (Å²) in [7, 11) is 0. The number of halogens is 1. The molecule has 0 amide bonds. The van der Waals surface area contributed by atoms with Gasteiger partial charge in [0.25, 0.3) is 0 Å². The van der Waals surface area contributed by atoms with Crippen LogP contribution < -0.4 is 10.6 Å². The van der Waals surface area contributed by atoms with Crippen molar-refractivity contribution < 1.29 is 0 Å². The Morgan fingerprint density at radius 2 is 2.11 bits per heavy atom. The molecule has 0 unspecified atom stereocenters. The molecule has 0 spiro atoms. The van der Waals surface area contributed by atoms with Crippen molar-refractivity contribution in [2.75, 3.05) is 17.2 Å². The number of nitrogens with one attached hydrogen (secondary N) is 2. The molecule has 4 nitrogen and oxygen atoms in total. The second-order valence-corrected chi connectivity index (χ2v) is 5.19. The molecular formula is C14H17BrN4. The van der Waals surface area contributed by atoms with Crippen LogP contribution in [0.3, 0.4) is 0 Å². The largest absolute Gasteiger partial charge is 0.354 e. The number of aromatic nitrogens is 2. The predicted octanol–water partition coefficient (Wildman–Crippen LogP) is 4.11. The summed E-state index contributed by atoms with van der Waals surface area (Å²) in [5, 5.41) is 6.48. The van der Waals surface area contributed by atoms with Crippen molar-refractivity contribution in [1.29, 1.82) is 0 Å². The topological polar surface area (TPSA) is 49.8 Å². The summed E-state index contributed by atoms with van der Waals surface area (Å²) in [6, 6.07) is 7.98. The fourth-order valence-electron chi connectivity index (χ4n) is 1.62. The maximum Gasteiger partial charge on any atom is 0.224 e. The van der Waals surface area contributed by atoms with Crippen LogP contribution in [0, 0.1) is 6.92 Å². The molecule has 0 fully saturated rings. The lowest BCUT2D eigenvalue weighted by atomic mass is 10.2. The normalized spacial score (nSPS) is 10.3. The van der Waals surface area contributed by atoms with Crippen LogP contribution in [0.4, 0.5) is 17.5 Å². The number of hydrogen-bond acceptors (Lipinski definition) is 4. The molecule has 0 saturated carbocycles. The first-order valence-electron chi connectivity index (χ1n) is 6.29. The van der Waals surface area contributed by atoms with E-state index < -0.39 is 0 Å². The molecular weight excluding hydrogens is 304 g/mol. The third-order valence-electron chi connectivity index (χ3n) is 2.65. The van der Waals surface area contributed by atoms with Gasteiger partial charge in [0.05, 0.1) is 0 Å². The Bertz CT molecular complexity index is 557. The number of hydrogen-bond donors (Lipinski definition) is 2. The maximum absolute atomic E-state index is 4.43. The van der Waals surface area contributed by atoms with Crippen LogP contribution >= 0.6 is 15.9 Å². The highest BCUT2D eigenvalue weighted by Gasteiger charge is 2.02. The number of rotatable bonds is 5. The van der Waals surface area contributed by atoms with E-state index in [0.29, 0.717) is 5.95 Å². The van der Waals surface area contributed by atoms with Crippen molar-refractivity contribution >= 4 is 33.4 Å². The van der Waals surface area contributed by atoms with Crippen molar-refractivity contribution in [3.63, 3.8) is 0 Å². The quantitative estimate of drug-likeness (QED) is 0.870. The molecule has 2 rings (SSSR count). The van der Waals surface area contributed by atoms with Gasteiger partial charge < -0.3 is 10.6 Å². The van der Waals surface area contributed by atoms with Gasteiger partial charge in [0, 0.05) is 22.9 Å². The summed E-state index contributed by atoms with van der Waals surface area (Å²) in [4.78, 5) is 8.61. The predicted molar refractivity (Wildman–Crippen MR) is 83.0 cm³/mol. The average molecular weight is 321 g/mol. The lowest BCUT2D eigenvalue weighted by Crippen LogP contribution is -2.05. The second-order valence-electron chi connectivity index (χ2n) is 4.28. The molecule has 0 saturated heterocycles. The summed E-state index contributed by atoms with van der Waals surface area (Å²) in [5.74, 6) is 1.44. The Hall–Kier alpha value is -1.62. The standard InChI is InChI=1S/C14H17BrN4/c1-3-7-16-14-17-8-6-13(19-14)18-12-9-11(15)5-4-10(12)2/h4-6,8-9H,3,7H2,1-2H3,(H2,16,17,18,19). The van der Waals surface area contributed by atoms with Gasteiger partial charge in [-0.25, -0.2) is 4.98 Å². The minimum atomic E-state index is 0.652. The van der Waals surface area contributed by atoms with Crippen molar-refractivity contribution in [2.45, 2.75) is 20.3 Å². The van der Waals surface area contributed by atoms with Crippen LogP contribution in [-0.4, -0.2) is 16.5 Å². The van der Waals surface area contributed by atoms with Gasteiger partial charge in [0.15, 0.2) is 0 Å². The van der Waals surface area contributed by atoms with E-state index in [0.717, 1.165) is 28.9 Å². The number of nitrogens with zero attached hydrogens (tertiary/aromatic N) is 2. The van der Waals surface area contributed by atoms with E-state index in [2.05, 4.69) is 56.4 Å². The highest BCUT2D eigenvalue weighted by molar-refractivity contribution is 9.10. The smallest absolute Gasteiger partial charge is 0.224 e. The Morgan fingerprint density at radius 1 is 1.26 bits per heavy atom. The molecule has 0 aliphatic rings. The number of benzene rings is 1. The maximum atomic E-state index is 4.43. The minimum absolute atomic E-state index is 0.652. The van der Waals surface area contributed by atoms with Gasteiger partial charge in [-0.2, -0.15) is 4.98 Å². The van der Waals surface area contributed by atoms with Gasteiger partial charge in [-0.3, -0.25) is 0 Å². The zero-order chi connectivity index (χ0) is 13.7. The molecule has 0 aliphatic heterocycles. The lowest BCUT2D eigenvalue weighted by Gasteiger charge is -2.10. The first-order chi connectivity index (χ1) is 9.19. The lowest BCUT2D eigenvalue weighted by molar-refractivity contribution is 0.953. The molecule has 0 aliphatic carbocycles. The molecule has 1 aromatic carbocycles. The molecule has 1 heterocycles. The average Bonchev–Trinajstić information content (AvgIpc) is 2.41. The van der Waals surface area contributed by atoms with Gasteiger partial charge in [0.1, 0.15) is 5.82 Å². The fraction of sp³-hybridized carbons (Fsp3) is 0.286. The number of aryl methyl sites for hydroxylation is 1. The van der Waals surface area contributed by atoms with E-state index in [4.69, 9.17) is 0 Å². The van der Waals surface area contributed by atoms with E-state index in [9.17, 15) is 0 Å². The van der Waals surface area contributed by atoms with Crippen molar-refractivity contribution in [3.05, 3.63) is 40.5 Å². The molecule has 1 aromatic heterocycles. The molecule has 2 N–H and O–H groups in total. The Morgan fingerprint density at radius 3 is 2.89 bits per heavy atom. The summed E-state index contributed by atoms with van der Waals surface area (Å²) in [5.41, 5.74) is 2.21. The first-order valence-corrected chi connectivity index (χ1v) is 7.08. The molecule has 0 bridgehead atoms. The third-order valence-corrected chi connectivity index (χ3v) is 3.14. The van der Waals surface area contributed by atoms with Crippen molar-refractivity contribution in [3.8, 4) is 0 Å². The van der Waals surface area contributed by atoms with Crippen LogP contribution in [0.5, 0.6) is 0 Å². The van der Waals surface area contributed by atoms with Gasteiger partial charge in [-0.15, -0.1) is 0 Å². The van der Waals surface area contributed by atoms with Crippen molar-refractivity contribution in [2.24, 2.45) is 0 Å². The zero-order valence-electron chi connectivity index (χ0n) is 11.1. The highest BCUT2D eigenvalue weighted by Crippen LogP contribution is 2.23. The van der Waals surface area contributed by atoms with Gasteiger partial charge in [-0.1, -0.05) is 28.9 Å². The summed E-state index contributed by atoms with van der Waals surface area (Å²) in [6.07, 6.45) is 2.80. The summed E-state index contributed by atoms with van der Waals surface area (Å²) >= 11 is 3.47. The van der Waals surface area contributed by atoms with Crippen LogP contribution in [-0.2, 0) is 0 Å². The Kier molecular flexibility index (Phi) is 4.74. The summed E-state index contributed by atoms with van der Waals surface area (Å²) < 4.78 is 1.04. The van der Waals surface area contributed by atoms with Crippen LogP contribution in [0.2, 0.25) is 0 Å². The molecule has 100 valence electrons. The van der Waals surface area contributed by atoms with E-state index in [-0.39, 0.29) is 0 Å². The van der Waals surface area contributed by atoms with E-state index in [1.807, 2.05) is 18.2 Å². The van der Waals surface area contributed by atoms with Gasteiger partial charge >= 0.3 is 0 Å². The SMILES string of the molecule is CCCNc1nccc(Nc2cc(Br)ccc2C)n1. The Balaban J connectivity index is 2.16. The second kappa shape index (κ2) is 6.52. The molecule has 19 heavy (non-hydrogen) atoms. The molecule has 5 heteroatoms. The number of anilines is 3. The van der Waals surface area contributed by atoms with Crippen LogP contribution in [0.25, 0.3) is 0 Å². The van der Waals surface area contributed by atoms with Crippen LogP contribution in [0.1, 0.15) is 18.9 Å². The Labute approximate surface area is 121 Å². The van der Waals surface area contributed by atoms with Crippen molar-refractivity contribution in [1.82, 2.24) is 9.97 Å². The summed E-state index contributed by atoms with van der Waals surface area (Å²) in [6.45, 7) is 5.05. The van der Waals surface area contributed by atoms with E-state index in [1.165, 1.54) is 5.56 Å². The first kappa shape index (κ1) is 13.8. The van der Waals surface area contributed by atoms with Gasteiger partial charge in [0.2, 0.25) is 5.95 Å².